The molecule has 0 saturated carbocycles. The molecule has 4 nitrogen and oxygen atoms in total. The van der Waals surface area contributed by atoms with E-state index >= 15 is 0 Å². The lowest BCUT2D eigenvalue weighted by Crippen LogP contribution is -2.20. The van der Waals surface area contributed by atoms with Crippen molar-refractivity contribution in [1.29, 1.82) is 0 Å². The Morgan fingerprint density at radius 2 is 1.91 bits per heavy atom. The van der Waals surface area contributed by atoms with Crippen LogP contribution in [0.1, 0.15) is 12.5 Å². The number of ether oxygens (including phenoxy) is 1. The lowest BCUT2D eigenvalue weighted by Gasteiger charge is -2.11. The number of urea groups is 1. The van der Waals surface area contributed by atoms with Gasteiger partial charge in [-0.15, -0.1) is 0 Å². The molecular formula is C16H16F2N2O2. The molecule has 2 rings (SSSR count). The summed E-state index contributed by atoms with van der Waals surface area (Å²) in [5.74, 6) is -0.0123. The molecule has 0 aromatic heterocycles. The number of hydrogen-bond acceptors (Lipinski definition) is 2. The minimum atomic E-state index is -2.90. The predicted octanol–water partition coefficient (Wildman–Crippen LogP) is 4.49. The van der Waals surface area contributed by atoms with Gasteiger partial charge in [0.2, 0.25) is 0 Å². The van der Waals surface area contributed by atoms with E-state index in [0.29, 0.717) is 11.4 Å². The topological polar surface area (TPSA) is 50.4 Å². The number of nitrogens with one attached hydrogen (secondary N) is 2. The van der Waals surface area contributed by atoms with Gasteiger partial charge in [0.05, 0.1) is 0 Å². The number of anilines is 2. The number of hydrogen-bond donors (Lipinski definition) is 2. The van der Waals surface area contributed by atoms with Gasteiger partial charge in [-0.25, -0.2) is 4.79 Å². The molecule has 2 N–H and O–H groups in total. The zero-order valence-electron chi connectivity index (χ0n) is 12.0. The highest BCUT2D eigenvalue weighted by atomic mass is 19.3. The molecule has 0 aliphatic heterocycles. The Morgan fingerprint density at radius 3 is 2.64 bits per heavy atom. The maximum absolute atomic E-state index is 12.2. The molecule has 0 bridgehead atoms. The van der Waals surface area contributed by atoms with E-state index < -0.39 is 12.6 Å². The molecule has 0 saturated heterocycles. The second-order valence-electron chi connectivity index (χ2n) is 4.50. The quantitative estimate of drug-likeness (QED) is 0.855. The third-order valence-electron chi connectivity index (χ3n) is 2.96. The summed E-state index contributed by atoms with van der Waals surface area (Å²) in [6, 6.07) is 12.8. The zero-order chi connectivity index (χ0) is 15.9. The van der Waals surface area contributed by atoms with Gasteiger partial charge in [-0.3, -0.25) is 0 Å². The van der Waals surface area contributed by atoms with Crippen molar-refractivity contribution >= 4 is 17.4 Å². The molecule has 0 aliphatic rings. The smallest absolute Gasteiger partial charge is 0.387 e. The van der Waals surface area contributed by atoms with E-state index in [0.717, 1.165) is 12.0 Å². The van der Waals surface area contributed by atoms with Crippen molar-refractivity contribution in [2.45, 2.75) is 20.0 Å². The molecule has 0 fully saturated rings. The lowest BCUT2D eigenvalue weighted by molar-refractivity contribution is -0.0497. The minimum absolute atomic E-state index is 0.0123. The maximum Gasteiger partial charge on any atom is 0.387 e. The van der Waals surface area contributed by atoms with E-state index in [2.05, 4.69) is 15.4 Å². The Morgan fingerprint density at radius 1 is 1.14 bits per heavy atom. The van der Waals surface area contributed by atoms with Crippen molar-refractivity contribution in [3.05, 3.63) is 54.1 Å². The van der Waals surface area contributed by atoms with Gasteiger partial charge in [-0.05, 0) is 30.2 Å². The van der Waals surface area contributed by atoms with E-state index in [9.17, 15) is 13.6 Å². The largest absolute Gasteiger partial charge is 0.435 e. The molecule has 0 radical (unpaired) electrons. The van der Waals surface area contributed by atoms with Crippen LogP contribution in [0.3, 0.4) is 0 Å². The van der Waals surface area contributed by atoms with Crippen LogP contribution in [-0.2, 0) is 6.42 Å². The summed E-state index contributed by atoms with van der Waals surface area (Å²) in [6.07, 6.45) is 0.786. The fourth-order valence-electron chi connectivity index (χ4n) is 1.99. The van der Waals surface area contributed by atoms with Crippen LogP contribution in [0.2, 0.25) is 0 Å². The Labute approximate surface area is 127 Å². The Balaban J connectivity index is 2.03. The number of carbonyl (C=O) groups is 1. The monoisotopic (exact) mass is 306 g/mol. The molecule has 22 heavy (non-hydrogen) atoms. The first-order valence-corrected chi connectivity index (χ1v) is 6.79. The first kappa shape index (κ1) is 15.8. The van der Waals surface area contributed by atoms with Gasteiger partial charge in [0.1, 0.15) is 5.75 Å². The number of carbonyl (C=O) groups excluding carboxylic acids is 1. The molecule has 0 atom stereocenters. The van der Waals surface area contributed by atoms with Gasteiger partial charge in [0.25, 0.3) is 0 Å². The molecule has 2 aromatic rings. The van der Waals surface area contributed by atoms with Crippen LogP contribution in [0.5, 0.6) is 5.75 Å². The van der Waals surface area contributed by atoms with E-state index in [1.54, 1.807) is 12.1 Å². The average Bonchev–Trinajstić information content (AvgIpc) is 2.47. The second kappa shape index (κ2) is 7.40. The van der Waals surface area contributed by atoms with Gasteiger partial charge in [-0.1, -0.05) is 31.2 Å². The summed E-state index contributed by atoms with van der Waals surface area (Å²) >= 11 is 0. The van der Waals surface area contributed by atoms with Crippen LogP contribution in [0.15, 0.2) is 48.5 Å². The van der Waals surface area contributed by atoms with Gasteiger partial charge in [0, 0.05) is 17.4 Å². The number of benzene rings is 2. The molecule has 0 unspecified atom stereocenters. The third kappa shape index (κ3) is 4.44. The maximum atomic E-state index is 12.2. The van der Waals surface area contributed by atoms with Crippen LogP contribution in [0.4, 0.5) is 25.0 Å². The number of halogens is 2. The molecule has 2 aromatic carbocycles. The molecular weight excluding hydrogens is 290 g/mol. The van der Waals surface area contributed by atoms with Gasteiger partial charge < -0.3 is 15.4 Å². The summed E-state index contributed by atoms with van der Waals surface area (Å²) in [7, 11) is 0. The SMILES string of the molecule is CCc1ccccc1NC(=O)Nc1cccc(OC(F)F)c1. The first-order valence-electron chi connectivity index (χ1n) is 6.79. The van der Waals surface area contributed by atoms with E-state index in [4.69, 9.17) is 0 Å². The first-order chi connectivity index (χ1) is 10.6. The van der Waals surface area contributed by atoms with E-state index in [1.165, 1.54) is 18.2 Å². The number of aryl methyl sites for hydroxylation is 1. The van der Waals surface area contributed by atoms with Crippen LogP contribution < -0.4 is 15.4 Å². The third-order valence-corrected chi connectivity index (χ3v) is 2.96. The second-order valence-corrected chi connectivity index (χ2v) is 4.50. The van der Waals surface area contributed by atoms with Crippen molar-refractivity contribution in [3.8, 4) is 5.75 Å². The standard InChI is InChI=1S/C16H16F2N2O2/c1-2-11-6-3-4-9-14(11)20-16(21)19-12-7-5-8-13(10-12)22-15(17)18/h3-10,15H,2H2,1H3,(H2,19,20,21). The van der Waals surface area contributed by atoms with Gasteiger partial charge >= 0.3 is 12.6 Å². The van der Waals surface area contributed by atoms with Crippen molar-refractivity contribution in [2.75, 3.05) is 10.6 Å². The van der Waals surface area contributed by atoms with Crippen molar-refractivity contribution in [1.82, 2.24) is 0 Å². The van der Waals surface area contributed by atoms with Crippen LogP contribution in [0, 0.1) is 0 Å². The normalized spacial score (nSPS) is 10.4. The minimum Gasteiger partial charge on any atom is -0.435 e. The highest BCUT2D eigenvalue weighted by Gasteiger charge is 2.08. The molecule has 2 amide bonds. The van der Waals surface area contributed by atoms with E-state index in [-0.39, 0.29) is 5.75 Å². The van der Waals surface area contributed by atoms with Crippen LogP contribution in [-0.4, -0.2) is 12.6 Å². The molecule has 0 heterocycles. The van der Waals surface area contributed by atoms with Crippen LogP contribution in [0.25, 0.3) is 0 Å². The summed E-state index contributed by atoms with van der Waals surface area (Å²) in [4.78, 5) is 12.0. The zero-order valence-corrected chi connectivity index (χ0v) is 12.0. The molecule has 116 valence electrons. The molecule has 0 spiro atoms. The van der Waals surface area contributed by atoms with Crippen molar-refractivity contribution in [2.24, 2.45) is 0 Å². The van der Waals surface area contributed by atoms with Gasteiger partial charge in [-0.2, -0.15) is 8.78 Å². The summed E-state index contributed by atoms with van der Waals surface area (Å²) in [5, 5.41) is 5.31. The Hall–Kier alpha value is -2.63. The summed E-state index contributed by atoms with van der Waals surface area (Å²) in [5.41, 5.74) is 2.08. The summed E-state index contributed by atoms with van der Waals surface area (Å²) in [6.45, 7) is -0.913. The molecule has 6 heteroatoms. The highest BCUT2D eigenvalue weighted by Crippen LogP contribution is 2.20. The fraction of sp³-hybridized carbons (Fsp3) is 0.188. The van der Waals surface area contributed by atoms with Crippen molar-refractivity contribution < 1.29 is 18.3 Å². The highest BCUT2D eigenvalue weighted by molar-refractivity contribution is 6.00. The number of para-hydroxylation sites is 1. The number of amides is 2. The fourth-order valence-corrected chi connectivity index (χ4v) is 1.99. The lowest BCUT2D eigenvalue weighted by atomic mass is 10.1. The van der Waals surface area contributed by atoms with Crippen LogP contribution >= 0.6 is 0 Å². The Bertz CT molecular complexity index is 648. The van der Waals surface area contributed by atoms with E-state index in [1.807, 2.05) is 25.1 Å². The van der Waals surface area contributed by atoms with Crippen molar-refractivity contribution in [3.63, 3.8) is 0 Å². The number of alkyl halides is 2. The Kier molecular flexibility index (Phi) is 5.30. The molecule has 0 aliphatic carbocycles. The predicted molar refractivity (Wildman–Crippen MR) is 81.5 cm³/mol. The summed E-state index contributed by atoms with van der Waals surface area (Å²) < 4.78 is 28.6. The average molecular weight is 306 g/mol. The van der Waals surface area contributed by atoms with Gasteiger partial charge in [0.15, 0.2) is 0 Å². The number of rotatable bonds is 5.